The molecule has 2 fully saturated rings. The molecule has 7 heteroatoms. The van der Waals surface area contributed by atoms with E-state index in [4.69, 9.17) is 14.7 Å². The van der Waals surface area contributed by atoms with Gasteiger partial charge in [-0.05, 0) is 36.4 Å². The molecule has 0 bridgehead atoms. The first-order valence-corrected chi connectivity index (χ1v) is 9.95. The van der Waals surface area contributed by atoms with Gasteiger partial charge in [-0.15, -0.1) is 11.3 Å². The summed E-state index contributed by atoms with van der Waals surface area (Å²) in [5.74, 6) is 1.58. The number of ether oxygens (including phenoxy) is 1. The van der Waals surface area contributed by atoms with Gasteiger partial charge in [0, 0.05) is 19.1 Å². The fraction of sp³-hybridized carbons (Fsp3) is 0.368. The Morgan fingerprint density at radius 2 is 1.92 bits per heavy atom. The Kier molecular flexibility index (Phi) is 4.10. The average Bonchev–Trinajstić information content (AvgIpc) is 3.36. The molecule has 1 aromatic carbocycles. The Morgan fingerprint density at radius 3 is 2.77 bits per heavy atom. The van der Waals surface area contributed by atoms with E-state index in [1.165, 1.54) is 18.5 Å². The van der Waals surface area contributed by atoms with Crippen molar-refractivity contribution < 1.29 is 4.74 Å². The second-order valence-corrected chi connectivity index (χ2v) is 7.61. The Hall–Kier alpha value is -2.38. The Labute approximate surface area is 156 Å². The molecular weight excluding hydrogens is 346 g/mol. The number of thiophene rings is 1. The molecule has 134 valence electrons. The van der Waals surface area contributed by atoms with E-state index >= 15 is 0 Å². The maximum atomic E-state index is 5.48. The number of hydrogen-bond acceptors (Lipinski definition) is 7. The maximum Gasteiger partial charge on any atom is 0.229 e. The van der Waals surface area contributed by atoms with Crippen LogP contribution in [0.25, 0.3) is 10.2 Å². The Bertz CT molecular complexity index is 917. The molecule has 0 amide bonds. The van der Waals surface area contributed by atoms with Gasteiger partial charge >= 0.3 is 0 Å². The van der Waals surface area contributed by atoms with Crippen LogP contribution in [0.1, 0.15) is 12.8 Å². The highest BCUT2D eigenvalue weighted by Gasteiger charge is 2.23. The molecule has 26 heavy (non-hydrogen) atoms. The van der Waals surface area contributed by atoms with Crippen LogP contribution in [0.2, 0.25) is 0 Å². The molecule has 1 saturated heterocycles. The summed E-state index contributed by atoms with van der Waals surface area (Å²) in [7, 11) is 0. The van der Waals surface area contributed by atoms with Gasteiger partial charge < -0.3 is 20.3 Å². The minimum absolute atomic E-state index is 0.559. The molecule has 2 N–H and O–H groups in total. The number of para-hydroxylation sites is 2. The van der Waals surface area contributed by atoms with Crippen LogP contribution in [0, 0.1) is 0 Å². The molecule has 0 spiro atoms. The minimum Gasteiger partial charge on any atom is -0.378 e. The molecule has 1 aliphatic heterocycles. The highest BCUT2D eigenvalue weighted by atomic mass is 32.1. The topological polar surface area (TPSA) is 62.3 Å². The predicted molar refractivity (Wildman–Crippen MR) is 107 cm³/mol. The van der Waals surface area contributed by atoms with E-state index < -0.39 is 0 Å². The third-order valence-corrected chi connectivity index (χ3v) is 5.63. The molecule has 3 heterocycles. The van der Waals surface area contributed by atoms with Crippen molar-refractivity contribution >= 4 is 44.7 Å². The summed E-state index contributed by atoms with van der Waals surface area (Å²) >= 11 is 1.69. The third kappa shape index (κ3) is 3.20. The van der Waals surface area contributed by atoms with Gasteiger partial charge in [0.15, 0.2) is 0 Å². The van der Waals surface area contributed by atoms with Crippen molar-refractivity contribution in [3.8, 4) is 0 Å². The van der Waals surface area contributed by atoms with E-state index in [2.05, 4.69) is 45.2 Å². The van der Waals surface area contributed by atoms with Crippen LogP contribution < -0.4 is 15.5 Å². The van der Waals surface area contributed by atoms with Crippen molar-refractivity contribution in [2.45, 2.75) is 18.9 Å². The van der Waals surface area contributed by atoms with Crippen molar-refractivity contribution in [3.63, 3.8) is 0 Å². The van der Waals surface area contributed by atoms with Crippen LogP contribution in [0.5, 0.6) is 0 Å². The lowest BCUT2D eigenvalue weighted by atomic mass is 10.2. The standard InChI is InChI=1S/C19H21N5OS/c1-2-4-16(24-8-10-25-11-9-24)14(3-1)21-19-22-15-7-12-26-17(15)18(23-19)20-13-5-6-13/h1-4,7,12-13H,5-6,8-11H2,(H2,20,21,22,23). The molecule has 0 unspecified atom stereocenters. The number of morpholine rings is 1. The number of fused-ring (bicyclic) bond motifs is 1. The van der Waals surface area contributed by atoms with Crippen LogP contribution in [0.15, 0.2) is 35.7 Å². The van der Waals surface area contributed by atoms with Gasteiger partial charge in [0.05, 0.1) is 34.8 Å². The SMILES string of the molecule is c1ccc(N2CCOCC2)c(Nc2nc(NC3CC3)c3sccc3n2)c1. The van der Waals surface area contributed by atoms with Crippen molar-refractivity contribution in [1.82, 2.24) is 9.97 Å². The summed E-state index contributed by atoms with van der Waals surface area (Å²) < 4.78 is 6.61. The lowest BCUT2D eigenvalue weighted by Crippen LogP contribution is -2.36. The Morgan fingerprint density at radius 1 is 1.08 bits per heavy atom. The zero-order chi connectivity index (χ0) is 17.3. The monoisotopic (exact) mass is 367 g/mol. The summed E-state index contributed by atoms with van der Waals surface area (Å²) in [5.41, 5.74) is 3.18. The second kappa shape index (κ2) is 6.74. The van der Waals surface area contributed by atoms with E-state index in [1.54, 1.807) is 11.3 Å². The zero-order valence-corrected chi connectivity index (χ0v) is 15.3. The second-order valence-electron chi connectivity index (χ2n) is 6.69. The minimum atomic E-state index is 0.559. The quantitative estimate of drug-likeness (QED) is 0.714. The Balaban J connectivity index is 1.47. The van der Waals surface area contributed by atoms with E-state index in [9.17, 15) is 0 Å². The molecule has 3 aromatic rings. The number of rotatable bonds is 5. The summed E-state index contributed by atoms with van der Waals surface area (Å²) in [6, 6.07) is 10.9. The normalized spacial score (nSPS) is 17.5. The van der Waals surface area contributed by atoms with E-state index in [0.717, 1.165) is 48.0 Å². The number of aromatic nitrogens is 2. The van der Waals surface area contributed by atoms with Crippen molar-refractivity contribution in [2.24, 2.45) is 0 Å². The number of hydrogen-bond donors (Lipinski definition) is 2. The number of nitrogens with one attached hydrogen (secondary N) is 2. The molecule has 2 aliphatic rings. The van der Waals surface area contributed by atoms with Gasteiger partial charge in [0.2, 0.25) is 5.95 Å². The molecule has 5 rings (SSSR count). The first-order chi connectivity index (χ1) is 12.9. The van der Waals surface area contributed by atoms with Crippen molar-refractivity contribution in [1.29, 1.82) is 0 Å². The van der Waals surface area contributed by atoms with Crippen LogP contribution in [0.4, 0.5) is 23.1 Å². The molecule has 1 aliphatic carbocycles. The number of benzene rings is 1. The lowest BCUT2D eigenvalue weighted by Gasteiger charge is -2.30. The maximum absolute atomic E-state index is 5.48. The summed E-state index contributed by atoms with van der Waals surface area (Å²) in [6.07, 6.45) is 2.44. The molecule has 1 saturated carbocycles. The molecule has 6 nitrogen and oxygen atoms in total. The lowest BCUT2D eigenvalue weighted by molar-refractivity contribution is 0.123. The number of nitrogens with zero attached hydrogens (tertiary/aromatic N) is 3. The zero-order valence-electron chi connectivity index (χ0n) is 14.4. The smallest absolute Gasteiger partial charge is 0.229 e. The van der Waals surface area contributed by atoms with Crippen LogP contribution in [0.3, 0.4) is 0 Å². The van der Waals surface area contributed by atoms with Gasteiger partial charge in [-0.1, -0.05) is 12.1 Å². The first-order valence-electron chi connectivity index (χ1n) is 9.07. The van der Waals surface area contributed by atoms with Crippen molar-refractivity contribution in [2.75, 3.05) is 41.8 Å². The summed E-state index contributed by atoms with van der Waals surface area (Å²) in [4.78, 5) is 11.8. The third-order valence-electron chi connectivity index (χ3n) is 4.72. The molecule has 0 radical (unpaired) electrons. The van der Waals surface area contributed by atoms with Gasteiger partial charge in [-0.3, -0.25) is 0 Å². The highest BCUT2D eigenvalue weighted by Crippen LogP contribution is 2.34. The van der Waals surface area contributed by atoms with Crippen LogP contribution in [-0.2, 0) is 4.74 Å². The van der Waals surface area contributed by atoms with Gasteiger partial charge in [0.1, 0.15) is 5.82 Å². The average molecular weight is 367 g/mol. The summed E-state index contributed by atoms with van der Waals surface area (Å²) in [5, 5.41) is 9.06. The van der Waals surface area contributed by atoms with Crippen molar-refractivity contribution in [3.05, 3.63) is 35.7 Å². The predicted octanol–water partition coefficient (Wildman–Crippen LogP) is 3.85. The van der Waals surface area contributed by atoms with Crippen LogP contribution >= 0.6 is 11.3 Å². The largest absolute Gasteiger partial charge is 0.378 e. The fourth-order valence-corrected chi connectivity index (χ4v) is 4.00. The van der Waals surface area contributed by atoms with Gasteiger partial charge in [0.25, 0.3) is 0 Å². The first kappa shape index (κ1) is 15.8. The van der Waals surface area contributed by atoms with Gasteiger partial charge in [-0.2, -0.15) is 4.98 Å². The van der Waals surface area contributed by atoms with E-state index in [1.807, 2.05) is 6.07 Å². The molecular formula is C19H21N5OS. The number of anilines is 4. The van der Waals surface area contributed by atoms with Crippen LogP contribution in [-0.4, -0.2) is 42.3 Å². The van der Waals surface area contributed by atoms with E-state index in [-0.39, 0.29) is 0 Å². The molecule has 2 aromatic heterocycles. The highest BCUT2D eigenvalue weighted by molar-refractivity contribution is 7.17. The fourth-order valence-electron chi connectivity index (χ4n) is 3.22. The van der Waals surface area contributed by atoms with E-state index in [0.29, 0.717) is 12.0 Å². The summed E-state index contributed by atoms with van der Waals surface area (Å²) in [6.45, 7) is 3.33. The molecule has 0 atom stereocenters. The van der Waals surface area contributed by atoms with Gasteiger partial charge in [-0.25, -0.2) is 4.98 Å².